The number of benzene rings is 3. The second-order valence-electron chi connectivity index (χ2n) is 5.58. The van der Waals surface area contributed by atoms with E-state index in [1.165, 1.54) is 30.3 Å². The molecule has 0 aliphatic rings. The van der Waals surface area contributed by atoms with Gasteiger partial charge in [-0.15, -0.1) is 0 Å². The Morgan fingerprint density at radius 3 is 2.31 bits per heavy atom. The summed E-state index contributed by atoms with van der Waals surface area (Å²) in [7, 11) is -3.79. The Bertz CT molecular complexity index is 1060. The molecule has 0 amide bonds. The number of sulfonamides is 1. The average Bonchev–Trinajstić information content (AvgIpc) is 2.62. The molecule has 3 aromatic carbocycles. The highest BCUT2D eigenvalue weighted by molar-refractivity contribution is 7.92. The number of hydrogen-bond acceptors (Lipinski definition) is 2. The molecule has 0 heterocycles. The second kappa shape index (κ2) is 7.09. The van der Waals surface area contributed by atoms with E-state index in [2.05, 4.69) is 11.3 Å². The normalized spacial score (nSPS) is 11.2. The zero-order valence-electron chi connectivity index (χ0n) is 13.6. The van der Waals surface area contributed by atoms with Crippen LogP contribution in [0.25, 0.3) is 17.2 Å². The summed E-state index contributed by atoms with van der Waals surface area (Å²) >= 11 is 0. The fourth-order valence-corrected chi connectivity index (χ4v) is 3.53. The monoisotopic (exact) mass is 371 g/mol. The minimum absolute atomic E-state index is 0.0350. The first kappa shape index (κ1) is 17.8. The van der Waals surface area contributed by atoms with Crippen LogP contribution in [-0.4, -0.2) is 8.42 Å². The summed E-state index contributed by atoms with van der Waals surface area (Å²) in [5, 5.41) is 0. The summed E-state index contributed by atoms with van der Waals surface area (Å²) in [6.45, 7) is 3.65. The lowest BCUT2D eigenvalue weighted by molar-refractivity contribution is 0.585. The minimum atomic E-state index is -3.79. The molecule has 0 saturated carbocycles. The van der Waals surface area contributed by atoms with Gasteiger partial charge in [0, 0.05) is 17.3 Å². The van der Waals surface area contributed by atoms with Crippen LogP contribution in [0.15, 0.2) is 78.2 Å². The molecule has 3 nitrogen and oxygen atoms in total. The Morgan fingerprint density at radius 1 is 0.923 bits per heavy atom. The molecule has 6 heteroatoms. The molecule has 3 rings (SSSR count). The van der Waals surface area contributed by atoms with Gasteiger partial charge in [0.1, 0.15) is 11.6 Å². The summed E-state index contributed by atoms with van der Waals surface area (Å²) < 4.78 is 54.3. The molecule has 0 unspecified atom stereocenters. The summed E-state index contributed by atoms with van der Waals surface area (Å²) in [5.74, 6) is -1.38. The van der Waals surface area contributed by atoms with E-state index in [1.807, 2.05) is 0 Å². The predicted octanol–water partition coefficient (Wildman–Crippen LogP) is 5.08. The minimum Gasteiger partial charge on any atom is -0.280 e. The van der Waals surface area contributed by atoms with E-state index in [0.717, 1.165) is 17.7 Å². The first-order valence-corrected chi connectivity index (χ1v) is 9.18. The van der Waals surface area contributed by atoms with E-state index in [0.29, 0.717) is 11.3 Å². The Balaban J connectivity index is 1.88. The zero-order valence-corrected chi connectivity index (χ0v) is 14.4. The highest BCUT2D eigenvalue weighted by Crippen LogP contribution is 2.25. The van der Waals surface area contributed by atoms with Crippen molar-refractivity contribution in [3.63, 3.8) is 0 Å². The molecule has 0 fully saturated rings. The van der Waals surface area contributed by atoms with Gasteiger partial charge >= 0.3 is 0 Å². The molecule has 132 valence electrons. The van der Waals surface area contributed by atoms with Gasteiger partial charge in [0.05, 0.1) is 4.90 Å². The van der Waals surface area contributed by atoms with Gasteiger partial charge < -0.3 is 0 Å². The van der Waals surface area contributed by atoms with Gasteiger partial charge in [0.2, 0.25) is 0 Å². The molecule has 1 N–H and O–H groups in total. The molecule has 3 aromatic rings. The third-order valence-electron chi connectivity index (χ3n) is 3.78. The molecule has 0 saturated heterocycles. The lowest BCUT2D eigenvalue weighted by atomic mass is 10.1. The van der Waals surface area contributed by atoms with Crippen LogP contribution in [0, 0.1) is 11.6 Å². The summed E-state index contributed by atoms with van der Waals surface area (Å²) in [4.78, 5) is 0.0350. The molecule has 0 aliphatic heterocycles. The van der Waals surface area contributed by atoms with Crippen molar-refractivity contribution in [2.75, 3.05) is 4.72 Å². The van der Waals surface area contributed by atoms with Crippen molar-refractivity contribution in [2.45, 2.75) is 4.90 Å². The number of anilines is 1. The maximum atomic E-state index is 13.9. The molecule has 26 heavy (non-hydrogen) atoms. The first-order chi connectivity index (χ1) is 12.4. The highest BCUT2D eigenvalue weighted by Gasteiger charge is 2.15. The Hall–Kier alpha value is -2.99. The fraction of sp³-hybridized carbons (Fsp3) is 0. The van der Waals surface area contributed by atoms with Gasteiger partial charge in [0.25, 0.3) is 10.0 Å². The molecular formula is C20H15F2NO2S. The maximum absolute atomic E-state index is 13.9. The van der Waals surface area contributed by atoms with E-state index < -0.39 is 21.7 Å². The van der Waals surface area contributed by atoms with Crippen LogP contribution in [0.1, 0.15) is 5.56 Å². The fourth-order valence-electron chi connectivity index (χ4n) is 2.48. The van der Waals surface area contributed by atoms with Crippen LogP contribution < -0.4 is 4.72 Å². The van der Waals surface area contributed by atoms with Gasteiger partial charge in [-0.3, -0.25) is 4.72 Å². The number of hydrogen-bond donors (Lipinski definition) is 1. The quantitative estimate of drug-likeness (QED) is 0.680. The number of nitrogens with one attached hydrogen (secondary N) is 1. The van der Waals surface area contributed by atoms with E-state index in [1.54, 1.807) is 30.3 Å². The predicted molar refractivity (Wildman–Crippen MR) is 99.1 cm³/mol. The molecule has 0 aliphatic carbocycles. The smallest absolute Gasteiger partial charge is 0.261 e. The summed E-state index contributed by atoms with van der Waals surface area (Å²) in [6, 6.07) is 15.8. The molecule has 0 atom stereocenters. The number of rotatable bonds is 5. The van der Waals surface area contributed by atoms with Gasteiger partial charge in [0.15, 0.2) is 0 Å². The van der Waals surface area contributed by atoms with Gasteiger partial charge in [-0.1, -0.05) is 36.9 Å². The third kappa shape index (κ3) is 3.81. The van der Waals surface area contributed by atoms with E-state index in [9.17, 15) is 17.2 Å². The van der Waals surface area contributed by atoms with Gasteiger partial charge in [-0.2, -0.15) is 0 Å². The largest absolute Gasteiger partial charge is 0.280 e. The highest BCUT2D eigenvalue weighted by atomic mass is 32.2. The van der Waals surface area contributed by atoms with Crippen molar-refractivity contribution in [1.82, 2.24) is 0 Å². The van der Waals surface area contributed by atoms with Crippen molar-refractivity contribution < 1.29 is 17.2 Å². The standard InChI is InChI=1S/C20H15F2NO2S/c1-2-14-4-3-5-17(12-14)23-26(24,25)18-9-6-15(7-10-18)19-11-8-16(21)13-20(19)22/h2-13,23H,1H2. The topological polar surface area (TPSA) is 46.2 Å². The van der Waals surface area contributed by atoms with Crippen LogP contribution in [0.3, 0.4) is 0 Å². The Kier molecular flexibility index (Phi) is 4.86. The van der Waals surface area contributed by atoms with Crippen LogP contribution in [0.2, 0.25) is 0 Å². The van der Waals surface area contributed by atoms with Gasteiger partial charge in [-0.25, -0.2) is 17.2 Å². The first-order valence-electron chi connectivity index (χ1n) is 7.70. The molecule has 0 aromatic heterocycles. The van der Waals surface area contributed by atoms with Crippen molar-refractivity contribution >= 4 is 21.8 Å². The van der Waals surface area contributed by atoms with E-state index in [4.69, 9.17) is 0 Å². The Morgan fingerprint density at radius 2 is 1.65 bits per heavy atom. The number of halogens is 2. The summed E-state index contributed by atoms with van der Waals surface area (Å²) in [5.41, 5.74) is 1.85. The van der Waals surface area contributed by atoms with Crippen molar-refractivity contribution in [3.8, 4) is 11.1 Å². The molecule has 0 spiro atoms. The van der Waals surface area contributed by atoms with E-state index >= 15 is 0 Å². The SMILES string of the molecule is C=Cc1cccc(NS(=O)(=O)c2ccc(-c3ccc(F)cc3F)cc2)c1. The lowest BCUT2D eigenvalue weighted by Gasteiger charge is -2.10. The van der Waals surface area contributed by atoms with Gasteiger partial charge in [-0.05, 0) is 47.5 Å². The maximum Gasteiger partial charge on any atom is 0.261 e. The molecule has 0 bridgehead atoms. The second-order valence-corrected chi connectivity index (χ2v) is 7.27. The third-order valence-corrected chi connectivity index (χ3v) is 5.18. The lowest BCUT2D eigenvalue weighted by Crippen LogP contribution is -2.12. The molecule has 0 radical (unpaired) electrons. The van der Waals surface area contributed by atoms with Crippen molar-refractivity contribution in [1.29, 1.82) is 0 Å². The Labute approximate surface area is 150 Å². The molecular weight excluding hydrogens is 356 g/mol. The van der Waals surface area contributed by atoms with Crippen molar-refractivity contribution in [3.05, 3.63) is 90.5 Å². The summed E-state index contributed by atoms with van der Waals surface area (Å²) in [6.07, 6.45) is 1.61. The van der Waals surface area contributed by atoms with Crippen LogP contribution in [-0.2, 0) is 10.0 Å². The van der Waals surface area contributed by atoms with E-state index in [-0.39, 0.29) is 10.5 Å². The van der Waals surface area contributed by atoms with Crippen LogP contribution in [0.5, 0.6) is 0 Å². The van der Waals surface area contributed by atoms with Crippen molar-refractivity contribution in [2.24, 2.45) is 0 Å². The van der Waals surface area contributed by atoms with Crippen LogP contribution >= 0.6 is 0 Å². The van der Waals surface area contributed by atoms with Crippen LogP contribution in [0.4, 0.5) is 14.5 Å². The average molecular weight is 371 g/mol. The zero-order chi connectivity index (χ0) is 18.7.